The van der Waals surface area contributed by atoms with E-state index in [0.29, 0.717) is 17.3 Å². The first-order chi connectivity index (χ1) is 12.9. The van der Waals surface area contributed by atoms with E-state index in [0.717, 1.165) is 5.69 Å². The second kappa shape index (κ2) is 9.20. The topological polar surface area (TPSA) is 94.0 Å². The lowest BCUT2D eigenvalue weighted by Crippen LogP contribution is -2.14. The molecule has 0 aromatic heterocycles. The van der Waals surface area contributed by atoms with Gasteiger partial charge in [-0.1, -0.05) is 26.0 Å². The molecule has 2 aromatic rings. The van der Waals surface area contributed by atoms with E-state index in [-0.39, 0.29) is 11.5 Å². The molecule has 6 heteroatoms. The van der Waals surface area contributed by atoms with Gasteiger partial charge in [0.25, 0.3) is 5.91 Å². The monoisotopic (exact) mass is 362 g/mol. The molecule has 0 saturated heterocycles. The Morgan fingerprint density at radius 1 is 0.926 bits per heavy atom. The second-order valence-corrected chi connectivity index (χ2v) is 6.30. The molecule has 0 atom stereocenters. The van der Waals surface area contributed by atoms with Crippen LogP contribution in [0.3, 0.4) is 0 Å². The van der Waals surface area contributed by atoms with Crippen LogP contribution < -0.4 is 16.0 Å². The van der Waals surface area contributed by atoms with Crippen LogP contribution in [0.15, 0.2) is 60.3 Å². The summed E-state index contributed by atoms with van der Waals surface area (Å²) in [6, 6.07) is 16.3. The first-order valence-electron chi connectivity index (χ1n) is 8.55. The standard InChI is InChI=1S/C21H22N4O2/c1-14(2)16-4-6-18(7-5-16)23-13-17(12-22)21(27)25-20-10-8-19(9-11-20)24-15(3)26/h4-11,13-14,23H,1-3H3,(H,24,26)(H,25,27)/b17-13-. The quantitative estimate of drug-likeness (QED) is 0.529. The third kappa shape index (κ3) is 6.01. The minimum Gasteiger partial charge on any atom is -0.360 e. The molecule has 0 saturated carbocycles. The Labute approximate surface area is 158 Å². The summed E-state index contributed by atoms with van der Waals surface area (Å²) in [5.41, 5.74) is 3.11. The summed E-state index contributed by atoms with van der Waals surface area (Å²) in [6.07, 6.45) is 1.38. The van der Waals surface area contributed by atoms with Crippen molar-refractivity contribution in [2.24, 2.45) is 0 Å². The van der Waals surface area contributed by atoms with Gasteiger partial charge >= 0.3 is 0 Å². The summed E-state index contributed by atoms with van der Waals surface area (Å²) in [5, 5.41) is 17.5. The summed E-state index contributed by atoms with van der Waals surface area (Å²) < 4.78 is 0. The lowest BCUT2D eigenvalue weighted by Gasteiger charge is -2.08. The molecule has 0 fully saturated rings. The molecule has 0 spiro atoms. The van der Waals surface area contributed by atoms with Crippen molar-refractivity contribution in [3.8, 4) is 6.07 Å². The summed E-state index contributed by atoms with van der Waals surface area (Å²) in [4.78, 5) is 23.3. The van der Waals surface area contributed by atoms with Crippen molar-refractivity contribution in [1.29, 1.82) is 5.26 Å². The minimum absolute atomic E-state index is 0.0473. The molecule has 0 bridgehead atoms. The number of anilines is 3. The number of benzene rings is 2. The fourth-order valence-corrected chi connectivity index (χ4v) is 2.31. The maximum Gasteiger partial charge on any atom is 0.267 e. The number of rotatable bonds is 6. The summed E-state index contributed by atoms with van der Waals surface area (Å²) in [7, 11) is 0. The van der Waals surface area contributed by atoms with Crippen LogP contribution in [0.2, 0.25) is 0 Å². The van der Waals surface area contributed by atoms with Gasteiger partial charge < -0.3 is 16.0 Å². The number of carbonyl (C=O) groups is 2. The Kier molecular flexibility index (Phi) is 6.73. The zero-order valence-electron chi connectivity index (χ0n) is 15.5. The lowest BCUT2D eigenvalue weighted by molar-refractivity contribution is -0.114. The minimum atomic E-state index is -0.518. The van der Waals surface area contributed by atoms with Gasteiger partial charge in [0, 0.05) is 30.2 Å². The number of carbonyl (C=O) groups excluding carboxylic acids is 2. The Hall–Kier alpha value is -3.59. The highest BCUT2D eigenvalue weighted by Crippen LogP contribution is 2.18. The zero-order chi connectivity index (χ0) is 19.8. The predicted octanol–water partition coefficient (Wildman–Crippen LogP) is 4.23. The van der Waals surface area contributed by atoms with Gasteiger partial charge in [0.15, 0.2) is 0 Å². The molecule has 0 heterocycles. The normalized spacial score (nSPS) is 10.9. The average molecular weight is 362 g/mol. The maximum absolute atomic E-state index is 12.3. The molecular weight excluding hydrogens is 340 g/mol. The van der Waals surface area contributed by atoms with E-state index in [1.807, 2.05) is 30.3 Å². The van der Waals surface area contributed by atoms with Crippen molar-refractivity contribution in [3.05, 3.63) is 65.9 Å². The highest BCUT2D eigenvalue weighted by Gasteiger charge is 2.09. The lowest BCUT2D eigenvalue weighted by atomic mass is 10.0. The first kappa shape index (κ1) is 19.7. The highest BCUT2D eigenvalue weighted by atomic mass is 16.2. The van der Waals surface area contributed by atoms with E-state index in [1.165, 1.54) is 18.7 Å². The van der Waals surface area contributed by atoms with E-state index in [9.17, 15) is 14.9 Å². The van der Waals surface area contributed by atoms with Gasteiger partial charge in [-0.05, 0) is 47.9 Å². The molecule has 6 nitrogen and oxygen atoms in total. The van der Waals surface area contributed by atoms with Gasteiger partial charge in [0.05, 0.1) is 0 Å². The van der Waals surface area contributed by atoms with Crippen LogP contribution in [0.25, 0.3) is 0 Å². The van der Waals surface area contributed by atoms with E-state index in [4.69, 9.17) is 0 Å². The number of nitriles is 1. The molecule has 0 unspecified atom stereocenters. The average Bonchev–Trinajstić information content (AvgIpc) is 2.64. The van der Waals surface area contributed by atoms with Gasteiger partial charge in [0.2, 0.25) is 5.91 Å². The number of hydrogen-bond donors (Lipinski definition) is 3. The fourth-order valence-electron chi connectivity index (χ4n) is 2.31. The summed E-state index contributed by atoms with van der Waals surface area (Å²) in [6.45, 7) is 5.65. The molecule has 0 aliphatic carbocycles. The van der Waals surface area contributed by atoms with Crippen LogP contribution in [-0.4, -0.2) is 11.8 Å². The van der Waals surface area contributed by atoms with Crippen LogP contribution in [0.5, 0.6) is 0 Å². The summed E-state index contributed by atoms with van der Waals surface area (Å²) >= 11 is 0. The van der Waals surface area contributed by atoms with Crippen molar-refractivity contribution in [3.63, 3.8) is 0 Å². The van der Waals surface area contributed by atoms with E-state index < -0.39 is 5.91 Å². The van der Waals surface area contributed by atoms with Gasteiger partial charge in [0.1, 0.15) is 11.6 Å². The van der Waals surface area contributed by atoms with E-state index >= 15 is 0 Å². The maximum atomic E-state index is 12.3. The number of hydrogen-bond acceptors (Lipinski definition) is 4. The zero-order valence-corrected chi connectivity index (χ0v) is 15.5. The third-order valence-electron chi connectivity index (χ3n) is 3.79. The molecule has 0 radical (unpaired) electrons. The van der Waals surface area contributed by atoms with Crippen molar-refractivity contribution >= 4 is 28.9 Å². The van der Waals surface area contributed by atoms with Crippen molar-refractivity contribution in [2.45, 2.75) is 26.7 Å². The molecule has 2 aromatic carbocycles. The first-order valence-corrected chi connectivity index (χ1v) is 8.55. The van der Waals surface area contributed by atoms with Crippen molar-refractivity contribution < 1.29 is 9.59 Å². The fraction of sp³-hybridized carbons (Fsp3) is 0.190. The van der Waals surface area contributed by atoms with Crippen LogP contribution in [-0.2, 0) is 9.59 Å². The predicted molar refractivity (Wildman–Crippen MR) is 107 cm³/mol. The summed E-state index contributed by atoms with van der Waals surface area (Å²) in [5.74, 6) is -0.253. The number of nitrogens with zero attached hydrogens (tertiary/aromatic N) is 1. The van der Waals surface area contributed by atoms with Crippen LogP contribution in [0.4, 0.5) is 17.1 Å². The Morgan fingerprint density at radius 3 is 1.93 bits per heavy atom. The van der Waals surface area contributed by atoms with E-state index in [2.05, 4.69) is 29.8 Å². The Balaban J connectivity index is 2.01. The molecular formula is C21H22N4O2. The molecule has 0 aliphatic heterocycles. The number of nitrogens with one attached hydrogen (secondary N) is 3. The van der Waals surface area contributed by atoms with Crippen molar-refractivity contribution in [2.75, 3.05) is 16.0 Å². The molecule has 2 rings (SSSR count). The van der Waals surface area contributed by atoms with Crippen molar-refractivity contribution in [1.82, 2.24) is 0 Å². The number of amides is 2. The highest BCUT2D eigenvalue weighted by molar-refractivity contribution is 6.06. The van der Waals surface area contributed by atoms with Gasteiger partial charge in [-0.3, -0.25) is 9.59 Å². The SMILES string of the molecule is CC(=O)Nc1ccc(NC(=O)/C(C#N)=C\Nc2ccc(C(C)C)cc2)cc1. The molecule has 138 valence electrons. The smallest absolute Gasteiger partial charge is 0.267 e. The Morgan fingerprint density at radius 2 is 1.44 bits per heavy atom. The van der Waals surface area contributed by atoms with E-state index in [1.54, 1.807) is 24.3 Å². The largest absolute Gasteiger partial charge is 0.360 e. The van der Waals surface area contributed by atoms with Gasteiger partial charge in [-0.15, -0.1) is 0 Å². The molecule has 0 aliphatic rings. The van der Waals surface area contributed by atoms with Crippen LogP contribution >= 0.6 is 0 Å². The van der Waals surface area contributed by atoms with Gasteiger partial charge in [-0.2, -0.15) is 5.26 Å². The van der Waals surface area contributed by atoms with Crippen LogP contribution in [0, 0.1) is 11.3 Å². The Bertz CT molecular complexity index is 876. The molecule has 27 heavy (non-hydrogen) atoms. The molecule has 2 amide bonds. The second-order valence-electron chi connectivity index (χ2n) is 6.30. The van der Waals surface area contributed by atoms with Gasteiger partial charge in [-0.25, -0.2) is 0 Å². The molecule has 3 N–H and O–H groups in total. The third-order valence-corrected chi connectivity index (χ3v) is 3.79. The van der Waals surface area contributed by atoms with Crippen LogP contribution in [0.1, 0.15) is 32.3 Å².